The lowest BCUT2D eigenvalue weighted by atomic mass is 10.1. The van der Waals surface area contributed by atoms with Crippen LogP contribution in [0.3, 0.4) is 0 Å². The number of alkyl carbamates (subject to hydrolysis) is 1. The number of fused-ring (bicyclic) bond motifs is 1. The number of benzene rings is 2. The van der Waals surface area contributed by atoms with E-state index in [4.69, 9.17) is 20.3 Å². The van der Waals surface area contributed by atoms with Crippen LogP contribution in [0.15, 0.2) is 42.5 Å². The first kappa shape index (κ1) is 21.2. The lowest BCUT2D eigenvalue weighted by Crippen LogP contribution is -2.36. The fourth-order valence-electron chi connectivity index (χ4n) is 2.84. The van der Waals surface area contributed by atoms with Crippen molar-refractivity contribution in [3.05, 3.63) is 48.0 Å². The van der Waals surface area contributed by atoms with E-state index in [1.165, 1.54) is 5.39 Å². The van der Waals surface area contributed by atoms with E-state index in [0.29, 0.717) is 13.2 Å². The minimum absolute atomic E-state index is 0.208. The zero-order valence-electron chi connectivity index (χ0n) is 15.7. The minimum atomic E-state index is -0.477. The number of carbonyl (C=O) groups is 1. The molecule has 1 amide bonds. The van der Waals surface area contributed by atoms with Gasteiger partial charge in [0.05, 0.1) is 13.2 Å². The molecule has 6 nitrogen and oxygen atoms in total. The molecule has 2 aromatic rings. The average molecular weight is 374 g/mol. The highest BCUT2D eigenvalue weighted by Gasteiger charge is 2.13. The third kappa shape index (κ3) is 7.54. The van der Waals surface area contributed by atoms with Crippen LogP contribution in [0.1, 0.15) is 31.2 Å². The summed E-state index contributed by atoms with van der Waals surface area (Å²) in [5, 5.41) is 13.8. The highest BCUT2D eigenvalue weighted by atomic mass is 16.6. The number of hydrogen-bond donors (Lipinski definition) is 3. The number of unbranched alkanes of at least 4 members (excludes halogenated alkanes) is 3. The van der Waals surface area contributed by atoms with E-state index in [1.54, 1.807) is 0 Å². The van der Waals surface area contributed by atoms with E-state index in [2.05, 4.69) is 23.5 Å². The van der Waals surface area contributed by atoms with E-state index >= 15 is 0 Å². The first-order chi connectivity index (χ1) is 13.2. The Hall–Kier alpha value is -2.15. The van der Waals surface area contributed by atoms with Gasteiger partial charge < -0.3 is 25.6 Å². The van der Waals surface area contributed by atoms with Crippen molar-refractivity contribution < 1.29 is 19.4 Å². The maximum absolute atomic E-state index is 11.8. The molecular weight excluding hydrogens is 344 g/mol. The van der Waals surface area contributed by atoms with E-state index in [0.717, 1.165) is 36.6 Å². The maximum atomic E-state index is 11.8. The number of aliphatic hydroxyl groups excluding tert-OH is 1. The van der Waals surface area contributed by atoms with Crippen molar-refractivity contribution in [3.8, 4) is 0 Å². The Labute approximate surface area is 160 Å². The number of ether oxygens (including phenoxy) is 2. The third-order valence-electron chi connectivity index (χ3n) is 4.33. The molecule has 0 saturated carbocycles. The smallest absolute Gasteiger partial charge is 0.407 e. The number of hydrogen-bond acceptors (Lipinski definition) is 5. The lowest BCUT2D eigenvalue weighted by molar-refractivity contribution is 0.0178. The Kier molecular flexibility index (Phi) is 9.62. The van der Waals surface area contributed by atoms with E-state index < -0.39 is 12.2 Å². The molecule has 1 atom stereocenters. The zero-order valence-corrected chi connectivity index (χ0v) is 15.7. The van der Waals surface area contributed by atoms with Crippen LogP contribution in [0.5, 0.6) is 0 Å². The van der Waals surface area contributed by atoms with Gasteiger partial charge in [-0.3, -0.25) is 0 Å². The molecule has 0 fully saturated rings. The summed E-state index contributed by atoms with van der Waals surface area (Å²) < 4.78 is 11.1. The number of rotatable bonds is 12. The molecule has 4 N–H and O–H groups in total. The van der Waals surface area contributed by atoms with Crippen LogP contribution in [-0.2, 0) is 16.1 Å². The molecular formula is C21H30N2O4. The van der Waals surface area contributed by atoms with Crippen LogP contribution in [0, 0.1) is 0 Å². The van der Waals surface area contributed by atoms with Gasteiger partial charge in [0.15, 0.2) is 0 Å². The van der Waals surface area contributed by atoms with Gasteiger partial charge in [-0.1, -0.05) is 55.3 Å². The molecule has 0 spiro atoms. The predicted octanol–water partition coefficient (Wildman–Crippen LogP) is 2.96. The average Bonchev–Trinajstić information content (AvgIpc) is 2.70. The van der Waals surface area contributed by atoms with Crippen molar-refractivity contribution in [1.82, 2.24) is 5.32 Å². The molecule has 148 valence electrons. The second-order valence-corrected chi connectivity index (χ2v) is 6.48. The predicted molar refractivity (Wildman–Crippen MR) is 106 cm³/mol. The molecule has 0 saturated heterocycles. The topological polar surface area (TPSA) is 93.8 Å². The van der Waals surface area contributed by atoms with Crippen LogP contribution in [0.25, 0.3) is 10.8 Å². The molecule has 0 aromatic heterocycles. The Morgan fingerprint density at radius 1 is 1.07 bits per heavy atom. The molecule has 0 radical (unpaired) electrons. The molecule has 0 aliphatic carbocycles. The Bertz CT molecular complexity index is 687. The van der Waals surface area contributed by atoms with Gasteiger partial charge >= 0.3 is 6.09 Å². The van der Waals surface area contributed by atoms with Crippen molar-refractivity contribution in [3.63, 3.8) is 0 Å². The summed E-state index contributed by atoms with van der Waals surface area (Å²) in [6.45, 7) is 1.67. The summed E-state index contributed by atoms with van der Waals surface area (Å²) >= 11 is 0. The largest absolute Gasteiger partial charge is 0.442 e. The Balaban J connectivity index is 1.69. The number of aliphatic hydroxyl groups is 1. The summed E-state index contributed by atoms with van der Waals surface area (Å²) in [7, 11) is 0. The van der Waals surface area contributed by atoms with E-state index in [-0.39, 0.29) is 19.8 Å². The van der Waals surface area contributed by atoms with Crippen LogP contribution < -0.4 is 11.1 Å². The van der Waals surface area contributed by atoms with Crippen LogP contribution in [0.4, 0.5) is 4.79 Å². The molecule has 6 heteroatoms. The molecule has 0 aliphatic heterocycles. The second kappa shape index (κ2) is 12.3. The fraction of sp³-hybridized carbons (Fsp3) is 0.476. The van der Waals surface area contributed by atoms with Crippen LogP contribution >= 0.6 is 0 Å². The maximum Gasteiger partial charge on any atom is 0.407 e. The summed E-state index contributed by atoms with van der Waals surface area (Å²) in [6, 6.07) is 14.3. The fourth-order valence-corrected chi connectivity index (χ4v) is 2.84. The van der Waals surface area contributed by atoms with Gasteiger partial charge in [-0.2, -0.15) is 0 Å². The van der Waals surface area contributed by atoms with Crippen LogP contribution in [-0.4, -0.2) is 43.6 Å². The summed E-state index contributed by atoms with van der Waals surface area (Å²) in [4.78, 5) is 11.8. The zero-order chi connectivity index (χ0) is 19.3. The summed E-state index contributed by atoms with van der Waals surface area (Å²) in [6.07, 6.45) is 2.64. The SMILES string of the molecule is NC[C@H](COCc1cccc2ccccc12)OC(=O)NCCCCCCO. The van der Waals surface area contributed by atoms with Gasteiger partial charge in [0.2, 0.25) is 0 Å². The molecule has 2 rings (SSSR count). The summed E-state index contributed by atoms with van der Waals surface area (Å²) in [5.41, 5.74) is 6.79. The normalized spacial score (nSPS) is 12.1. The van der Waals surface area contributed by atoms with Gasteiger partial charge in [-0.25, -0.2) is 4.79 Å². The third-order valence-corrected chi connectivity index (χ3v) is 4.33. The van der Waals surface area contributed by atoms with Crippen molar-refractivity contribution in [2.75, 3.05) is 26.3 Å². The van der Waals surface area contributed by atoms with Crippen molar-refractivity contribution in [1.29, 1.82) is 0 Å². The molecule has 2 aromatic carbocycles. The molecule has 0 heterocycles. The van der Waals surface area contributed by atoms with Gasteiger partial charge in [-0.05, 0) is 29.2 Å². The molecule has 0 bridgehead atoms. The van der Waals surface area contributed by atoms with E-state index in [9.17, 15) is 4.79 Å². The minimum Gasteiger partial charge on any atom is -0.442 e. The standard InChI is InChI=1S/C21H30N2O4/c22-14-19(27-21(25)23-12-5-1-2-6-13-24)16-26-15-18-10-7-9-17-8-3-4-11-20(17)18/h3-4,7-11,19,24H,1-2,5-6,12-16,22H2,(H,23,25)/t19-/m1/s1. The number of nitrogens with two attached hydrogens (primary N) is 1. The number of nitrogens with one attached hydrogen (secondary N) is 1. The Morgan fingerprint density at radius 3 is 2.67 bits per heavy atom. The first-order valence-electron chi connectivity index (χ1n) is 9.54. The quantitative estimate of drug-likeness (QED) is 0.497. The number of carbonyl (C=O) groups excluding carboxylic acids is 1. The Morgan fingerprint density at radius 2 is 1.85 bits per heavy atom. The second-order valence-electron chi connectivity index (χ2n) is 6.48. The molecule has 0 aliphatic rings. The van der Waals surface area contributed by atoms with Gasteiger partial charge in [-0.15, -0.1) is 0 Å². The highest BCUT2D eigenvalue weighted by Crippen LogP contribution is 2.19. The van der Waals surface area contributed by atoms with Crippen molar-refractivity contribution in [2.24, 2.45) is 5.73 Å². The molecule has 0 unspecified atom stereocenters. The van der Waals surface area contributed by atoms with Crippen LogP contribution in [0.2, 0.25) is 0 Å². The van der Waals surface area contributed by atoms with Crippen molar-refractivity contribution in [2.45, 2.75) is 38.4 Å². The number of amides is 1. The monoisotopic (exact) mass is 374 g/mol. The molecule has 27 heavy (non-hydrogen) atoms. The first-order valence-corrected chi connectivity index (χ1v) is 9.54. The van der Waals surface area contributed by atoms with Gasteiger partial charge in [0.25, 0.3) is 0 Å². The summed E-state index contributed by atoms with van der Waals surface area (Å²) in [5.74, 6) is 0. The van der Waals surface area contributed by atoms with Gasteiger partial charge in [0, 0.05) is 19.7 Å². The lowest BCUT2D eigenvalue weighted by Gasteiger charge is -2.17. The van der Waals surface area contributed by atoms with Crippen molar-refractivity contribution >= 4 is 16.9 Å². The highest BCUT2D eigenvalue weighted by molar-refractivity contribution is 5.85. The van der Waals surface area contributed by atoms with E-state index in [1.807, 2.05) is 24.3 Å². The van der Waals surface area contributed by atoms with Gasteiger partial charge in [0.1, 0.15) is 6.10 Å².